The van der Waals surface area contributed by atoms with Crippen molar-refractivity contribution in [2.45, 2.75) is 25.4 Å². The molecule has 2 N–H and O–H groups in total. The zero-order chi connectivity index (χ0) is 21.8. The molecular formula is C20H26FN7O2S. The molecule has 2 aliphatic heterocycles. The second-order valence-electron chi connectivity index (χ2n) is 7.60. The third kappa shape index (κ3) is 4.93. The van der Waals surface area contributed by atoms with Crippen LogP contribution >= 0.6 is 12.2 Å². The van der Waals surface area contributed by atoms with Crippen LogP contribution in [0.5, 0.6) is 0 Å². The summed E-state index contributed by atoms with van der Waals surface area (Å²) in [6.07, 6.45) is 3.65. The number of methoxy groups -OCH3 is 1. The second-order valence-corrected chi connectivity index (χ2v) is 7.97. The molecule has 0 spiro atoms. The van der Waals surface area contributed by atoms with Crippen molar-refractivity contribution in [2.24, 2.45) is 0 Å². The van der Waals surface area contributed by atoms with Crippen molar-refractivity contribution in [3.63, 3.8) is 0 Å². The largest absolute Gasteiger partial charge is 0.474 e. The molecule has 0 radical (unpaired) electrons. The van der Waals surface area contributed by atoms with Crippen LogP contribution in [0, 0.1) is 5.82 Å². The number of piperazine rings is 1. The first kappa shape index (κ1) is 21.4. The molecule has 9 nitrogen and oxygen atoms in total. The molecule has 0 unspecified atom stereocenters. The minimum atomic E-state index is -0.328. The number of rotatable bonds is 5. The normalized spacial score (nSPS) is 18.8. The van der Waals surface area contributed by atoms with E-state index in [1.165, 1.54) is 17.9 Å². The minimum Gasteiger partial charge on any atom is -0.474 e. The summed E-state index contributed by atoms with van der Waals surface area (Å²) in [6, 6.07) is 4.95. The molecule has 1 amide bonds. The maximum absolute atomic E-state index is 14.9. The fourth-order valence-electron chi connectivity index (χ4n) is 3.92. The number of thiocarbonyl (C=S) groups is 1. The molecule has 2 saturated heterocycles. The molecule has 11 heteroatoms. The highest BCUT2D eigenvalue weighted by Crippen LogP contribution is 2.24. The van der Waals surface area contributed by atoms with E-state index in [0.29, 0.717) is 49.8 Å². The van der Waals surface area contributed by atoms with E-state index < -0.39 is 0 Å². The summed E-state index contributed by atoms with van der Waals surface area (Å²) in [5.41, 5.74) is 1.76. The summed E-state index contributed by atoms with van der Waals surface area (Å²) >= 11 is 4.93. The van der Waals surface area contributed by atoms with Crippen molar-refractivity contribution in [1.82, 2.24) is 30.5 Å². The molecule has 0 aliphatic carbocycles. The van der Waals surface area contributed by atoms with Crippen LogP contribution in [0.15, 0.2) is 24.4 Å². The molecule has 1 aromatic heterocycles. The van der Waals surface area contributed by atoms with Gasteiger partial charge in [-0.2, -0.15) is 0 Å². The molecule has 166 valence electrons. The van der Waals surface area contributed by atoms with Crippen molar-refractivity contribution >= 4 is 29.0 Å². The predicted octanol–water partition coefficient (Wildman–Crippen LogP) is 0.828. The van der Waals surface area contributed by atoms with Crippen LogP contribution in [0.1, 0.15) is 18.5 Å². The average Bonchev–Trinajstić information content (AvgIpc) is 3.49. The zero-order valence-corrected chi connectivity index (χ0v) is 18.2. The van der Waals surface area contributed by atoms with Gasteiger partial charge < -0.3 is 25.2 Å². The van der Waals surface area contributed by atoms with Gasteiger partial charge in [-0.15, -0.1) is 5.10 Å². The molecule has 31 heavy (non-hydrogen) atoms. The minimum absolute atomic E-state index is 0.0598. The molecular weight excluding hydrogens is 421 g/mol. The van der Waals surface area contributed by atoms with E-state index in [1.54, 1.807) is 12.3 Å². The lowest BCUT2D eigenvalue weighted by Gasteiger charge is -2.37. The Morgan fingerprint density at radius 2 is 2.16 bits per heavy atom. The van der Waals surface area contributed by atoms with Gasteiger partial charge in [0, 0.05) is 32.2 Å². The van der Waals surface area contributed by atoms with Gasteiger partial charge in [-0.05, 0) is 43.7 Å². The lowest BCUT2D eigenvalue weighted by atomic mass is 10.1. The van der Waals surface area contributed by atoms with Crippen LogP contribution in [0.2, 0.25) is 0 Å². The van der Waals surface area contributed by atoms with E-state index in [4.69, 9.17) is 17.0 Å². The van der Waals surface area contributed by atoms with Crippen molar-refractivity contribution < 1.29 is 13.9 Å². The fourth-order valence-corrected chi connectivity index (χ4v) is 3.99. The number of carbonyl (C=O) groups excluding carboxylic acids is 1. The van der Waals surface area contributed by atoms with Gasteiger partial charge in [0.25, 0.3) is 5.17 Å². The number of nitrogens with zero attached hydrogens (tertiary/aromatic N) is 5. The number of ether oxygens (including phenoxy) is 1. The van der Waals surface area contributed by atoms with Crippen molar-refractivity contribution in [2.75, 3.05) is 44.7 Å². The summed E-state index contributed by atoms with van der Waals surface area (Å²) in [5, 5.41) is 14.5. The van der Waals surface area contributed by atoms with Gasteiger partial charge >= 0.3 is 0 Å². The van der Waals surface area contributed by atoms with Gasteiger partial charge in [0.1, 0.15) is 11.5 Å². The van der Waals surface area contributed by atoms with Gasteiger partial charge in [-0.25, -0.2) is 9.07 Å². The maximum Gasteiger partial charge on any atom is 0.256 e. The highest BCUT2D eigenvalue weighted by Gasteiger charge is 2.29. The number of amides is 1. The van der Waals surface area contributed by atoms with Crippen molar-refractivity contribution in [3.8, 4) is 5.69 Å². The van der Waals surface area contributed by atoms with Gasteiger partial charge in [-0.1, -0.05) is 5.21 Å². The lowest BCUT2D eigenvalue weighted by molar-refractivity contribution is -0.133. The predicted molar refractivity (Wildman–Crippen MR) is 118 cm³/mol. The highest BCUT2D eigenvalue weighted by molar-refractivity contribution is 7.80. The summed E-state index contributed by atoms with van der Waals surface area (Å²) in [4.78, 5) is 16.4. The number of halogens is 1. The van der Waals surface area contributed by atoms with E-state index in [9.17, 15) is 9.18 Å². The van der Waals surface area contributed by atoms with Gasteiger partial charge in [0.05, 0.1) is 37.3 Å². The zero-order valence-electron chi connectivity index (χ0n) is 17.4. The Morgan fingerprint density at radius 3 is 2.84 bits per heavy atom. The Labute approximate surface area is 185 Å². The lowest BCUT2D eigenvalue weighted by Crippen LogP contribution is -2.53. The molecule has 2 aliphatic rings. The van der Waals surface area contributed by atoms with Crippen LogP contribution < -0.4 is 15.5 Å². The molecule has 2 aromatic rings. The smallest absolute Gasteiger partial charge is 0.256 e. The van der Waals surface area contributed by atoms with E-state index in [0.717, 1.165) is 19.4 Å². The molecule has 0 saturated carbocycles. The second kappa shape index (κ2) is 9.56. The first-order chi connectivity index (χ1) is 15.0. The van der Waals surface area contributed by atoms with E-state index >= 15 is 0 Å². The standard InChI is InChI=1S/C20H26FN7O2S/c1-30-20(31)23-12-14-13-28(25-24-14)15-4-5-18(16(21)11-15)26-7-9-27(10-8-26)19(29)17-3-2-6-22-17/h4-5,11,13,17,22H,2-3,6-10,12H2,1H3,(H,23,31)/t17-/m0/s1. The van der Waals surface area contributed by atoms with Gasteiger partial charge in [-0.3, -0.25) is 4.79 Å². The number of anilines is 1. The molecule has 0 bridgehead atoms. The molecule has 1 atom stereocenters. The van der Waals surface area contributed by atoms with Crippen molar-refractivity contribution in [3.05, 3.63) is 35.9 Å². The van der Waals surface area contributed by atoms with Gasteiger partial charge in [0.2, 0.25) is 5.91 Å². The van der Waals surface area contributed by atoms with Crippen LogP contribution in [-0.4, -0.2) is 76.9 Å². The molecule has 3 heterocycles. The Balaban J connectivity index is 1.36. The van der Waals surface area contributed by atoms with Crippen LogP contribution in [0.3, 0.4) is 0 Å². The average molecular weight is 448 g/mol. The summed E-state index contributed by atoms with van der Waals surface area (Å²) in [5.74, 6) is -0.166. The third-order valence-electron chi connectivity index (χ3n) is 5.63. The molecule has 1 aromatic carbocycles. The quantitative estimate of drug-likeness (QED) is 0.652. The van der Waals surface area contributed by atoms with E-state index in [-0.39, 0.29) is 22.9 Å². The summed E-state index contributed by atoms with van der Waals surface area (Å²) < 4.78 is 21.3. The highest BCUT2D eigenvalue weighted by atomic mass is 32.1. The molecule has 4 rings (SSSR count). The first-order valence-electron chi connectivity index (χ1n) is 10.4. The van der Waals surface area contributed by atoms with Crippen LogP contribution in [0.4, 0.5) is 10.1 Å². The SMILES string of the molecule is COC(=S)NCc1cn(-c2ccc(N3CCN(C(=O)[C@@H]4CCCN4)CC3)c(F)c2)nn1. The molecule has 2 fully saturated rings. The number of hydrogen-bond acceptors (Lipinski definition) is 7. The van der Waals surface area contributed by atoms with Gasteiger partial charge in [0.15, 0.2) is 0 Å². The monoisotopic (exact) mass is 447 g/mol. The number of aromatic nitrogens is 3. The van der Waals surface area contributed by atoms with Crippen molar-refractivity contribution in [1.29, 1.82) is 0 Å². The third-order valence-corrected chi connectivity index (χ3v) is 5.94. The number of benzene rings is 1. The summed E-state index contributed by atoms with van der Waals surface area (Å²) in [6.45, 7) is 3.67. The number of nitrogens with one attached hydrogen (secondary N) is 2. The maximum atomic E-state index is 14.9. The fraction of sp³-hybridized carbons (Fsp3) is 0.500. The van der Waals surface area contributed by atoms with Crippen LogP contribution in [-0.2, 0) is 16.1 Å². The Morgan fingerprint density at radius 1 is 1.35 bits per heavy atom. The Kier molecular flexibility index (Phi) is 6.62. The number of hydrogen-bond donors (Lipinski definition) is 2. The number of carbonyl (C=O) groups is 1. The van der Waals surface area contributed by atoms with E-state index in [1.807, 2.05) is 15.9 Å². The summed E-state index contributed by atoms with van der Waals surface area (Å²) in [7, 11) is 1.49. The first-order valence-corrected chi connectivity index (χ1v) is 10.8. The Hall–Kier alpha value is -2.79. The Bertz CT molecular complexity index is 939. The topological polar surface area (TPSA) is 87.5 Å². The van der Waals surface area contributed by atoms with E-state index in [2.05, 4.69) is 20.9 Å². The van der Waals surface area contributed by atoms with Crippen LogP contribution in [0.25, 0.3) is 5.69 Å².